The van der Waals surface area contributed by atoms with Gasteiger partial charge in [0, 0.05) is 12.3 Å². The predicted molar refractivity (Wildman–Crippen MR) is 88.5 cm³/mol. The van der Waals surface area contributed by atoms with Gasteiger partial charge in [0.15, 0.2) is 0 Å². The SMILES string of the molecule is CCCNc1cccc(SCc2cc(C)cc(C)c2)n1. The van der Waals surface area contributed by atoms with Gasteiger partial charge in [0.1, 0.15) is 5.82 Å². The minimum atomic E-state index is 0.965. The first-order chi connectivity index (χ1) is 9.67. The van der Waals surface area contributed by atoms with Crippen molar-refractivity contribution in [2.45, 2.75) is 38.0 Å². The van der Waals surface area contributed by atoms with Gasteiger partial charge >= 0.3 is 0 Å². The molecule has 0 aliphatic rings. The van der Waals surface area contributed by atoms with E-state index in [1.807, 2.05) is 6.07 Å². The predicted octanol–water partition coefficient (Wildman–Crippen LogP) is 4.81. The summed E-state index contributed by atoms with van der Waals surface area (Å²) in [6.07, 6.45) is 1.11. The average Bonchev–Trinajstić information content (AvgIpc) is 2.42. The van der Waals surface area contributed by atoms with Gasteiger partial charge in [-0.05, 0) is 38.0 Å². The number of aryl methyl sites for hydroxylation is 2. The van der Waals surface area contributed by atoms with Crippen LogP contribution in [0.3, 0.4) is 0 Å². The number of nitrogens with zero attached hydrogens (tertiary/aromatic N) is 1. The highest BCUT2D eigenvalue weighted by Crippen LogP contribution is 2.23. The van der Waals surface area contributed by atoms with Gasteiger partial charge in [-0.3, -0.25) is 0 Å². The average molecular weight is 286 g/mol. The third kappa shape index (κ3) is 4.57. The molecule has 1 aromatic carbocycles. The van der Waals surface area contributed by atoms with Crippen molar-refractivity contribution in [3.63, 3.8) is 0 Å². The zero-order valence-corrected chi connectivity index (χ0v) is 13.3. The van der Waals surface area contributed by atoms with Crippen molar-refractivity contribution in [3.05, 3.63) is 53.1 Å². The third-order valence-corrected chi connectivity index (χ3v) is 3.95. The summed E-state index contributed by atoms with van der Waals surface area (Å²) in [5.41, 5.74) is 4.01. The zero-order chi connectivity index (χ0) is 14.4. The zero-order valence-electron chi connectivity index (χ0n) is 12.4. The molecule has 0 radical (unpaired) electrons. The van der Waals surface area contributed by atoms with Crippen LogP contribution in [-0.2, 0) is 5.75 Å². The summed E-state index contributed by atoms with van der Waals surface area (Å²) >= 11 is 1.79. The van der Waals surface area contributed by atoms with E-state index in [0.29, 0.717) is 0 Å². The van der Waals surface area contributed by atoms with Crippen molar-refractivity contribution in [3.8, 4) is 0 Å². The Kier molecular flexibility index (Phi) is 5.48. The lowest BCUT2D eigenvalue weighted by Gasteiger charge is -2.07. The summed E-state index contributed by atoms with van der Waals surface area (Å²) in [6.45, 7) is 7.42. The van der Waals surface area contributed by atoms with Crippen LogP contribution in [0.2, 0.25) is 0 Å². The topological polar surface area (TPSA) is 24.9 Å². The fraction of sp³-hybridized carbons (Fsp3) is 0.353. The maximum atomic E-state index is 4.62. The molecule has 0 atom stereocenters. The highest BCUT2D eigenvalue weighted by atomic mass is 32.2. The fourth-order valence-corrected chi connectivity index (χ4v) is 2.98. The molecule has 20 heavy (non-hydrogen) atoms. The van der Waals surface area contributed by atoms with Gasteiger partial charge in [0.2, 0.25) is 0 Å². The molecule has 0 aliphatic heterocycles. The Labute approximate surface area is 126 Å². The maximum Gasteiger partial charge on any atom is 0.127 e. The van der Waals surface area contributed by atoms with Crippen LogP contribution in [-0.4, -0.2) is 11.5 Å². The molecule has 2 aromatic rings. The van der Waals surface area contributed by atoms with Gasteiger partial charge in [0.05, 0.1) is 5.03 Å². The number of benzene rings is 1. The molecule has 3 heteroatoms. The van der Waals surface area contributed by atoms with Crippen LogP contribution < -0.4 is 5.32 Å². The summed E-state index contributed by atoms with van der Waals surface area (Å²) in [4.78, 5) is 4.62. The number of pyridine rings is 1. The number of hydrogen-bond acceptors (Lipinski definition) is 3. The van der Waals surface area contributed by atoms with Crippen LogP contribution in [0.25, 0.3) is 0 Å². The molecule has 0 aliphatic carbocycles. The van der Waals surface area contributed by atoms with Gasteiger partial charge in [-0.15, -0.1) is 11.8 Å². The van der Waals surface area contributed by atoms with Gasteiger partial charge < -0.3 is 5.32 Å². The van der Waals surface area contributed by atoms with Crippen molar-refractivity contribution in [2.75, 3.05) is 11.9 Å². The second-order valence-electron chi connectivity index (χ2n) is 5.07. The van der Waals surface area contributed by atoms with Crippen LogP contribution in [0.5, 0.6) is 0 Å². The second kappa shape index (κ2) is 7.34. The molecule has 0 bridgehead atoms. The molecule has 1 heterocycles. The largest absolute Gasteiger partial charge is 0.370 e. The molecule has 0 saturated carbocycles. The summed E-state index contributed by atoms with van der Waals surface area (Å²) in [5, 5.41) is 4.40. The molecule has 0 fully saturated rings. The Hall–Kier alpha value is -1.48. The highest BCUT2D eigenvalue weighted by molar-refractivity contribution is 7.98. The molecule has 1 N–H and O–H groups in total. The van der Waals surface area contributed by atoms with E-state index in [4.69, 9.17) is 0 Å². The first kappa shape index (κ1) is 14.9. The van der Waals surface area contributed by atoms with Gasteiger partial charge in [-0.25, -0.2) is 4.98 Å². The van der Waals surface area contributed by atoms with E-state index < -0.39 is 0 Å². The van der Waals surface area contributed by atoms with Crippen LogP contribution in [0.4, 0.5) is 5.82 Å². The number of hydrogen-bond donors (Lipinski definition) is 1. The number of nitrogens with one attached hydrogen (secondary N) is 1. The number of thioether (sulfide) groups is 1. The lowest BCUT2D eigenvalue weighted by atomic mass is 10.1. The molecule has 0 spiro atoms. The van der Waals surface area contributed by atoms with E-state index >= 15 is 0 Å². The maximum absolute atomic E-state index is 4.62. The van der Waals surface area contributed by atoms with Crippen LogP contribution in [0.15, 0.2) is 41.4 Å². The molecule has 106 valence electrons. The van der Waals surface area contributed by atoms with E-state index in [1.54, 1.807) is 11.8 Å². The lowest BCUT2D eigenvalue weighted by Crippen LogP contribution is -2.01. The third-order valence-electron chi connectivity index (χ3n) is 2.95. The van der Waals surface area contributed by atoms with E-state index in [2.05, 4.69) is 61.4 Å². The Morgan fingerprint density at radius 1 is 1.10 bits per heavy atom. The Morgan fingerprint density at radius 2 is 1.85 bits per heavy atom. The summed E-state index contributed by atoms with van der Waals surface area (Å²) < 4.78 is 0. The normalized spacial score (nSPS) is 10.6. The Balaban J connectivity index is 1.99. The van der Waals surface area contributed by atoms with Crippen molar-refractivity contribution in [1.82, 2.24) is 4.98 Å². The van der Waals surface area contributed by atoms with Crippen molar-refractivity contribution in [2.24, 2.45) is 0 Å². The van der Waals surface area contributed by atoms with Crippen molar-refractivity contribution < 1.29 is 0 Å². The molecule has 1 aromatic heterocycles. The Bertz CT molecular complexity index is 546. The van der Waals surface area contributed by atoms with Crippen molar-refractivity contribution in [1.29, 1.82) is 0 Å². The molecular weight excluding hydrogens is 264 g/mol. The first-order valence-corrected chi connectivity index (χ1v) is 8.07. The van der Waals surface area contributed by atoms with Crippen LogP contribution in [0.1, 0.15) is 30.0 Å². The quantitative estimate of drug-likeness (QED) is 0.771. The molecule has 2 nitrogen and oxygen atoms in total. The van der Waals surface area contributed by atoms with E-state index in [0.717, 1.165) is 29.6 Å². The van der Waals surface area contributed by atoms with Gasteiger partial charge in [0.25, 0.3) is 0 Å². The minimum Gasteiger partial charge on any atom is -0.370 e. The molecule has 0 saturated heterocycles. The fourth-order valence-electron chi connectivity index (χ4n) is 2.16. The summed E-state index contributed by atoms with van der Waals surface area (Å²) in [5.74, 6) is 1.93. The summed E-state index contributed by atoms with van der Waals surface area (Å²) in [6, 6.07) is 12.9. The van der Waals surface area contributed by atoms with E-state index in [1.165, 1.54) is 16.7 Å². The smallest absolute Gasteiger partial charge is 0.127 e. The van der Waals surface area contributed by atoms with Crippen molar-refractivity contribution >= 4 is 17.6 Å². The Morgan fingerprint density at radius 3 is 2.55 bits per heavy atom. The molecular formula is C17H22N2S. The second-order valence-corrected chi connectivity index (χ2v) is 6.07. The van der Waals surface area contributed by atoms with Gasteiger partial charge in [-0.2, -0.15) is 0 Å². The van der Waals surface area contributed by atoms with E-state index in [9.17, 15) is 0 Å². The standard InChI is InChI=1S/C17H22N2S/c1-4-8-18-16-6-5-7-17(19-16)20-12-15-10-13(2)9-14(3)11-15/h5-7,9-11H,4,8,12H2,1-3H3,(H,18,19). The number of rotatable bonds is 6. The lowest BCUT2D eigenvalue weighted by molar-refractivity contribution is 0.959. The number of aromatic nitrogens is 1. The summed E-state index contributed by atoms with van der Waals surface area (Å²) in [7, 11) is 0. The van der Waals surface area contributed by atoms with Crippen LogP contribution in [0, 0.1) is 13.8 Å². The monoisotopic (exact) mass is 286 g/mol. The van der Waals surface area contributed by atoms with Gasteiger partial charge in [-0.1, -0.05) is 42.3 Å². The molecule has 0 unspecified atom stereocenters. The van der Waals surface area contributed by atoms with Crippen LogP contribution >= 0.6 is 11.8 Å². The first-order valence-electron chi connectivity index (χ1n) is 7.08. The molecule has 2 rings (SSSR count). The molecule has 0 amide bonds. The highest BCUT2D eigenvalue weighted by Gasteiger charge is 2.01. The number of anilines is 1. The van der Waals surface area contributed by atoms with E-state index in [-0.39, 0.29) is 0 Å². The minimum absolute atomic E-state index is 0.965.